The Balaban J connectivity index is 1.26. The number of piperidine rings is 1. The number of pyridine rings is 1. The van der Waals surface area contributed by atoms with Gasteiger partial charge in [-0.05, 0) is 68.8 Å². The molecule has 1 atom stereocenters. The molecular weight excluding hydrogens is 286 g/mol. The standard InChI is InChI=1S/C19H29N3O/c1-2-8-20-18(3-1)14-21-9-5-19(6-10-21)7-11-22(16-19)13-17-4-12-23-15-17/h1-3,8,17H,4-7,9-16H2. The molecule has 1 unspecified atom stereocenters. The molecule has 0 aliphatic carbocycles. The third-order valence-corrected chi connectivity index (χ3v) is 6.09. The van der Waals surface area contributed by atoms with Gasteiger partial charge in [-0.3, -0.25) is 9.88 Å². The predicted molar refractivity (Wildman–Crippen MR) is 91.2 cm³/mol. The molecule has 0 radical (unpaired) electrons. The van der Waals surface area contributed by atoms with Gasteiger partial charge >= 0.3 is 0 Å². The maximum absolute atomic E-state index is 5.54. The highest BCUT2D eigenvalue weighted by molar-refractivity contribution is 5.04. The van der Waals surface area contributed by atoms with Crippen LogP contribution < -0.4 is 0 Å². The molecule has 1 aromatic rings. The largest absolute Gasteiger partial charge is 0.381 e. The number of hydrogen-bond donors (Lipinski definition) is 0. The summed E-state index contributed by atoms with van der Waals surface area (Å²) in [5.41, 5.74) is 1.80. The van der Waals surface area contributed by atoms with Crippen LogP contribution in [0.25, 0.3) is 0 Å². The SMILES string of the molecule is c1ccc(CN2CCC3(CC2)CCN(CC2CCOC2)C3)nc1. The van der Waals surface area contributed by atoms with Crippen molar-refractivity contribution in [2.75, 3.05) is 45.9 Å². The van der Waals surface area contributed by atoms with Crippen LogP contribution in [0.5, 0.6) is 0 Å². The molecule has 3 aliphatic heterocycles. The number of hydrogen-bond acceptors (Lipinski definition) is 4. The molecule has 4 nitrogen and oxygen atoms in total. The highest BCUT2D eigenvalue weighted by atomic mass is 16.5. The van der Waals surface area contributed by atoms with Crippen molar-refractivity contribution in [2.45, 2.75) is 32.2 Å². The Morgan fingerprint density at radius 1 is 1.13 bits per heavy atom. The van der Waals surface area contributed by atoms with Gasteiger partial charge in [-0.2, -0.15) is 0 Å². The van der Waals surface area contributed by atoms with E-state index in [9.17, 15) is 0 Å². The molecule has 126 valence electrons. The van der Waals surface area contributed by atoms with Crippen LogP contribution in [0.15, 0.2) is 24.4 Å². The first-order valence-corrected chi connectivity index (χ1v) is 9.24. The molecule has 3 saturated heterocycles. The molecule has 1 spiro atoms. The lowest BCUT2D eigenvalue weighted by atomic mass is 9.77. The van der Waals surface area contributed by atoms with Crippen molar-refractivity contribution in [1.82, 2.24) is 14.8 Å². The highest BCUT2D eigenvalue weighted by Crippen LogP contribution is 2.41. The van der Waals surface area contributed by atoms with Crippen LogP contribution >= 0.6 is 0 Å². The van der Waals surface area contributed by atoms with Crippen molar-refractivity contribution in [1.29, 1.82) is 0 Å². The minimum Gasteiger partial charge on any atom is -0.381 e. The fraction of sp³-hybridized carbons (Fsp3) is 0.737. The van der Waals surface area contributed by atoms with E-state index in [-0.39, 0.29) is 0 Å². The van der Waals surface area contributed by atoms with E-state index in [1.807, 2.05) is 12.3 Å². The van der Waals surface area contributed by atoms with Crippen molar-refractivity contribution in [3.05, 3.63) is 30.1 Å². The summed E-state index contributed by atoms with van der Waals surface area (Å²) in [7, 11) is 0. The Kier molecular flexibility index (Phi) is 4.65. The summed E-state index contributed by atoms with van der Waals surface area (Å²) in [4.78, 5) is 9.77. The summed E-state index contributed by atoms with van der Waals surface area (Å²) in [6, 6.07) is 6.23. The summed E-state index contributed by atoms with van der Waals surface area (Å²) in [6.45, 7) is 9.33. The van der Waals surface area contributed by atoms with Gasteiger partial charge in [-0.15, -0.1) is 0 Å². The van der Waals surface area contributed by atoms with Gasteiger partial charge in [0, 0.05) is 32.4 Å². The summed E-state index contributed by atoms with van der Waals surface area (Å²) in [6.07, 6.45) is 7.29. The van der Waals surface area contributed by atoms with Crippen LogP contribution in [0.3, 0.4) is 0 Å². The summed E-state index contributed by atoms with van der Waals surface area (Å²) in [5.74, 6) is 0.786. The molecular formula is C19H29N3O. The molecule has 0 aromatic carbocycles. The minimum absolute atomic E-state index is 0.597. The maximum atomic E-state index is 5.54. The molecule has 4 heteroatoms. The molecule has 3 fully saturated rings. The Labute approximate surface area is 139 Å². The first-order chi connectivity index (χ1) is 11.3. The third kappa shape index (κ3) is 3.76. The van der Waals surface area contributed by atoms with E-state index >= 15 is 0 Å². The summed E-state index contributed by atoms with van der Waals surface area (Å²) < 4.78 is 5.54. The Bertz CT molecular complexity index is 493. The van der Waals surface area contributed by atoms with Gasteiger partial charge in [0.2, 0.25) is 0 Å². The molecule has 4 heterocycles. The topological polar surface area (TPSA) is 28.6 Å². The zero-order valence-corrected chi connectivity index (χ0v) is 14.1. The van der Waals surface area contributed by atoms with Crippen molar-refractivity contribution in [2.24, 2.45) is 11.3 Å². The Morgan fingerprint density at radius 2 is 1.96 bits per heavy atom. The fourth-order valence-electron chi connectivity index (χ4n) is 4.59. The second-order valence-electron chi connectivity index (χ2n) is 7.81. The normalized spacial score (nSPS) is 28.6. The summed E-state index contributed by atoms with van der Waals surface area (Å²) >= 11 is 0. The Morgan fingerprint density at radius 3 is 2.65 bits per heavy atom. The van der Waals surface area contributed by atoms with E-state index in [4.69, 9.17) is 4.74 Å². The van der Waals surface area contributed by atoms with Gasteiger partial charge in [0.1, 0.15) is 0 Å². The monoisotopic (exact) mass is 315 g/mol. The van der Waals surface area contributed by atoms with Crippen molar-refractivity contribution < 1.29 is 4.74 Å². The fourth-order valence-corrected chi connectivity index (χ4v) is 4.59. The number of nitrogens with zero attached hydrogens (tertiary/aromatic N) is 3. The van der Waals surface area contributed by atoms with Crippen LogP contribution in [-0.2, 0) is 11.3 Å². The molecule has 4 rings (SSSR count). The predicted octanol–water partition coefficient (Wildman–Crippen LogP) is 2.41. The minimum atomic E-state index is 0.597. The lowest BCUT2D eigenvalue weighted by Crippen LogP contribution is -2.41. The highest BCUT2D eigenvalue weighted by Gasteiger charge is 2.40. The van der Waals surface area contributed by atoms with Crippen LogP contribution in [0, 0.1) is 11.3 Å². The van der Waals surface area contributed by atoms with Crippen molar-refractivity contribution >= 4 is 0 Å². The van der Waals surface area contributed by atoms with Gasteiger partial charge < -0.3 is 9.64 Å². The molecule has 0 saturated carbocycles. The number of rotatable bonds is 4. The van der Waals surface area contributed by atoms with Crippen molar-refractivity contribution in [3.8, 4) is 0 Å². The summed E-state index contributed by atoms with van der Waals surface area (Å²) in [5, 5.41) is 0. The smallest absolute Gasteiger partial charge is 0.0543 e. The second-order valence-corrected chi connectivity index (χ2v) is 7.81. The molecule has 0 bridgehead atoms. The molecule has 0 amide bonds. The van der Waals surface area contributed by atoms with Gasteiger partial charge in [0.05, 0.1) is 12.3 Å². The van der Waals surface area contributed by atoms with E-state index in [0.29, 0.717) is 5.41 Å². The van der Waals surface area contributed by atoms with Crippen LogP contribution in [0.4, 0.5) is 0 Å². The van der Waals surface area contributed by atoms with Crippen LogP contribution in [0.2, 0.25) is 0 Å². The van der Waals surface area contributed by atoms with E-state index in [1.165, 1.54) is 64.1 Å². The third-order valence-electron chi connectivity index (χ3n) is 6.09. The quantitative estimate of drug-likeness (QED) is 0.853. The average Bonchev–Trinajstić information content (AvgIpc) is 3.22. The van der Waals surface area contributed by atoms with E-state index in [0.717, 1.165) is 25.7 Å². The van der Waals surface area contributed by atoms with E-state index < -0.39 is 0 Å². The Hall–Kier alpha value is -0.970. The van der Waals surface area contributed by atoms with Gasteiger partial charge in [0.15, 0.2) is 0 Å². The zero-order valence-electron chi connectivity index (χ0n) is 14.1. The van der Waals surface area contributed by atoms with E-state index in [1.54, 1.807) is 0 Å². The lowest BCUT2D eigenvalue weighted by Gasteiger charge is -2.39. The number of ether oxygens (including phenoxy) is 1. The number of likely N-dealkylation sites (tertiary alicyclic amines) is 2. The molecule has 23 heavy (non-hydrogen) atoms. The first kappa shape index (κ1) is 15.6. The average molecular weight is 315 g/mol. The molecule has 1 aromatic heterocycles. The second kappa shape index (κ2) is 6.88. The van der Waals surface area contributed by atoms with Crippen molar-refractivity contribution in [3.63, 3.8) is 0 Å². The maximum Gasteiger partial charge on any atom is 0.0543 e. The molecule has 0 N–H and O–H groups in total. The van der Waals surface area contributed by atoms with Gasteiger partial charge in [-0.25, -0.2) is 0 Å². The van der Waals surface area contributed by atoms with Gasteiger partial charge in [0.25, 0.3) is 0 Å². The van der Waals surface area contributed by atoms with Gasteiger partial charge in [-0.1, -0.05) is 6.07 Å². The van der Waals surface area contributed by atoms with Crippen LogP contribution in [0.1, 0.15) is 31.4 Å². The molecule has 3 aliphatic rings. The zero-order chi connectivity index (χ0) is 15.5. The lowest BCUT2D eigenvalue weighted by molar-refractivity contribution is 0.0986. The van der Waals surface area contributed by atoms with Crippen LogP contribution in [-0.4, -0.2) is 60.7 Å². The van der Waals surface area contributed by atoms with E-state index in [2.05, 4.69) is 26.9 Å². The first-order valence-electron chi connectivity index (χ1n) is 9.24. The number of aromatic nitrogens is 1.